The third-order valence-corrected chi connectivity index (χ3v) is 16.6. The van der Waals surface area contributed by atoms with E-state index in [0.29, 0.717) is 12.8 Å². The number of esters is 3. The standard InChI is InChI=1S/C48H76O15/c1-24(2)14-13-15-25(3)36-32(61-44-40(55)38(53)41(60-28(6)51)34(62-44)23-57-26(4)49)21-48(11)42-31(56-12)20-30-29(46(42,9)18-19-47(36,48)10)16-17-35(45(30,7)8)63-43-39(54)37(52)33(22-58-43)59-27(5)50/h14,20,25,29,31-44,52-55H,13,15-19,21-23H2,1-12H3/t25-,29-,31+,32+,33-,34-,35+,36+,37+,38-,39-,40-,41-,42-,43+,44-,46+,47-,48+/m1/s1. The van der Waals surface area contributed by atoms with Crippen LogP contribution in [0, 0.1) is 45.3 Å². The number of aliphatic hydroxyl groups excluding tert-OH is 4. The van der Waals surface area contributed by atoms with Crippen molar-refractivity contribution < 1.29 is 72.7 Å². The lowest BCUT2D eigenvalue weighted by molar-refractivity contribution is -0.317. The van der Waals surface area contributed by atoms with Crippen molar-refractivity contribution in [2.45, 2.75) is 195 Å². The van der Waals surface area contributed by atoms with E-state index in [1.54, 1.807) is 7.11 Å². The summed E-state index contributed by atoms with van der Waals surface area (Å²) in [5.74, 6) is -1.36. The molecule has 2 aliphatic heterocycles. The van der Waals surface area contributed by atoms with Crippen LogP contribution >= 0.6 is 0 Å². The highest BCUT2D eigenvalue weighted by atomic mass is 16.7. The molecule has 5 fully saturated rings. The predicted octanol–water partition coefficient (Wildman–Crippen LogP) is 4.93. The van der Waals surface area contributed by atoms with Crippen LogP contribution in [-0.4, -0.2) is 132 Å². The molecule has 15 heteroatoms. The van der Waals surface area contributed by atoms with Crippen molar-refractivity contribution in [3.8, 4) is 0 Å². The monoisotopic (exact) mass is 893 g/mol. The minimum atomic E-state index is -1.56. The molecule has 0 radical (unpaired) electrons. The van der Waals surface area contributed by atoms with Gasteiger partial charge in [0.05, 0.1) is 24.9 Å². The van der Waals surface area contributed by atoms with Crippen molar-refractivity contribution >= 4 is 17.9 Å². The van der Waals surface area contributed by atoms with Crippen LogP contribution in [0.5, 0.6) is 0 Å². The van der Waals surface area contributed by atoms with Gasteiger partial charge in [0.2, 0.25) is 0 Å². The van der Waals surface area contributed by atoms with Crippen molar-refractivity contribution in [2.24, 2.45) is 45.3 Å². The highest BCUT2D eigenvalue weighted by molar-refractivity contribution is 5.67. The zero-order chi connectivity index (χ0) is 46.6. The van der Waals surface area contributed by atoms with E-state index in [2.05, 4.69) is 67.5 Å². The van der Waals surface area contributed by atoms with Gasteiger partial charge in [-0.15, -0.1) is 0 Å². The van der Waals surface area contributed by atoms with Crippen LogP contribution in [0.1, 0.15) is 121 Å². The number of allylic oxidation sites excluding steroid dienone is 2. The summed E-state index contributed by atoms with van der Waals surface area (Å²) in [5.41, 5.74) is 1.20. The quantitative estimate of drug-likeness (QED) is 0.110. The van der Waals surface area contributed by atoms with Gasteiger partial charge in [0.15, 0.2) is 24.8 Å². The minimum absolute atomic E-state index is 0.0184. The van der Waals surface area contributed by atoms with Gasteiger partial charge in [0, 0.05) is 39.2 Å². The zero-order valence-corrected chi connectivity index (χ0v) is 39.5. The second kappa shape index (κ2) is 19.0. The van der Waals surface area contributed by atoms with E-state index in [-0.39, 0.29) is 65.3 Å². The number of aliphatic hydroxyl groups is 4. The molecular formula is C48H76O15. The van der Waals surface area contributed by atoms with Gasteiger partial charge in [0.1, 0.15) is 37.1 Å². The Labute approximate surface area is 373 Å². The first kappa shape index (κ1) is 50.0. The fraction of sp³-hybridized carbons (Fsp3) is 0.854. The second-order valence-corrected chi connectivity index (χ2v) is 21.1. The molecule has 358 valence electrons. The van der Waals surface area contributed by atoms with E-state index in [9.17, 15) is 34.8 Å². The number of hydrogen-bond acceptors (Lipinski definition) is 15. The molecule has 2 saturated heterocycles. The summed E-state index contributed by atoms with van der Waals surface area (Å²) < 4.78 is 48.1. The average Bonchev–Trinajstić information content (AvgIpc) is 3.42. The maximum atomic E-state index is 12.1. The third-order valence-electron chi connectivity index (χ3n) is 16.6. The molecule has 4 N–H and O–H groups in total. The first-order valence-electron chi connectivity index (χ1n) is 23.1. The summed E-state index contributed by atoms with van der Waals surface area (Å²) in [6.45, 7) is 21.3. The van der Waals surface area contributed by atoms with E-state index in [0.717, 1.165) is 32.1 Å². The summed E-state index contributed by atoms with van der Waals surface area (Å²) in [6, 6.07) is 0. The van der Waals surface area contributed by atoms with E-state index in [4.69, 9.17) is 37.9 Å². The molecule has 0 spiro atoms. The molecular weight excluding hydrogens is 817 g/mol. The van der Waals surface area contributed by atoms with Crippen molar-refractivity contribution in [3.05, 3.63) is 23.3 Å². The summed E-state index contributed by atoms with van der Waals surface area (Å²) in [7, 11) is 1.77. The molecule has 15 nitrogen and oxygen atoms in total. The molecule has 19 atom stereocenters. The van der Waals surface area contributed by atoms with E-state index in [1.165, 1.54) is 31.9 Å². The van der Waals surface area contributed by atoms with Gasteiger partial charge < -0.3 is 58.3 Å². The van der Waals surface area contributed by atoms with Gasteiger partial charge in [-0.05, 0) is 92.8 Å². The smallest absolute Gasteiger partial charge is 0.303 e. The van der Waals surface area contributed by atoms with Crippen LogP contribution in [0.2, 0.25) is 0 Å². The molecule has 3 saturated carbocycles. The Morgan fingerprint density at radius 3 is 2.11 bits per heavy atom. The highest BCUT2D eigenvalue weighted by Gasteiger charge is 2.72. The highest BCUT2D eigenvalue weighted by Crippen LogP contribution is 2.75. The lowest BCUT2D eigenvalue weighted by Crippen LogP contribution is -2.63. The zero-order valence-electron chi connectivity index (χ0n) is 39.5. The van der Waals surface area contributed by atoms with Gasteiger partial charge in [-0.2, -0.15) is 0 Å². The fourth-order valence-electron chi connectivity index (χ4n) is 13.4. The number of hydrogen-bond donors (Lipinski definition) is 4. The Hall–Kier alpha value is -2.47. The Morgan fingerprint density at radius 2 is 1.49 bits per heavy atom. The maximum Gasteiger partial charge on any atom is 0.303 e. The Morgan fingerprint density at radius 1 is 0.825 bits per heavy atom. The van der Waals surface area contributed by atoms with Crippen LogP contribution in [0.25, 0.3) is 0 Å². The topological polar surface area (TPSA) is 206 Å². The van der Waals surface area contributed by atoms with Crippen LogP contribution < -0.4 is 0 Å². The SMILES string of the molecule is CO[C@H]1C=C2[C@@H](CC[C@H](O[C@@H]3OC[C@@H](OC(C)=O)[C@H](O)[C@H]3O)C2(C)C)[C@]2(C)CC[C@]3(C)[C@@H]([C@H](C)CCC=C(C)C)[C@@H](O[C@@H]4O[C@H](COC(C)=O)[C@@H](OC(C)=O)[C@H](O)[C@H]4O)C[C@@]3(C)[C@H]12. The maximum absolute atomic E-state index is 12.1. The van der Waals surface area contributed by atoms with E-state index < -0.39 is 84.7 Å². The van der Waals surface area contributed by atoms with E-state index in [1.807, 2.05) is 0 Å². The molecule has 0 aromatic heterocycles. The Kier molecular flexibility index (Phi) is 15.1. The fourth-order valence-corrected chi connectivity index (χ4v) is 13.4. The normalized spacial score (nSPS) is 44.8. The summed E-state index contributed by atoms with van der Waals surface area (Å²) >= 11 is 0. The van der Waals surface area contributed by atoms with E-state index >= 15 is 0 Å². The number of carbonyl (C=O) groups is 3. The molecule has 6 aliphatic rings. The van der Waals surface area contributed by atoms with Crippen LogP contribution in [0.3, 0.4) is 0 Å². The van der Waals surface area contributed by atoms with Crippen molar-refractivity contribution in [3.63, 3.8) is 0 Å². The Bertz CT molecular complexity index is 1730. The number of methoxy groups -OCH3 is 1. The molecule has 0 unspecified atom stereocenters. The second-order valence-electron chi connectivity index (χ2n) is 21.1. The summed E-state index contributed by atoms with van der Waals surface area (Å²) in [6.07, 6.45) is -2.26. The first-order chi connectivity index (χ1) is 29.4. The van der Waals surface area contributed by atoms with Crippen molar-refractivity contribution in [1.82, 2.24) is 0 Å². The lowest BCUT2D eigenvalue weighted by atomic mass is 9.38. The predicted molar refractivity (Wildman–Crippen MR) is 228 cm³/mol. The number of ether oxygens (including phenoxy) is 8. The van der Waals surface area contributed by atoms with Crippen molar-refractivity contribution in [1.29, 1.82) is 0 Å². The molecule has 0 bridgehead atoms. The van der Waals surface area contributed by atoms with Gasteiger partial charge in [-0.25, -0.2) is 0 Å². The van der Waals surface area contributed by atoms with Crippen LogP contribution in [-0.2, 0) is 52.3 Å². The summed E-state index contributed by atoms with van der Waals surface area (Å²) in [4.78, 5) is 35.5. The van der Waals surface area contributed by atoms with Gasteiger partial charge in [0.25, 0.3) is 0 Å². The van der Waals surface area contributed by atoms with Crippen LogP contribution in [0.15, 0.2) is 23.3 Å². The molecule has 2 heterocycles. The average molecular weight is 893 g/mol. The number of carbonyl (C=O) groups excluding carboxylic acids is 3. The summed E-state index contributed by atoms with van der Waals surface area (Å²) in [5, 5.41) is 44.8. The van der Waals surface area contributed by atoms with Crippen molar-refractivity contribution in [2.75, 3.05) is 20.3 Å². The molecule has 4 aliphatic carbocycles. The Balaban J connectivity index is 1.32. The third kappa shape index (κ3) is 9.30. The van der Waals surface area contributed by atoms with Gasteiger partial charge in [-0.1, -0.05) is 64.8 Å². The minimum Gasteiger partial charge on any atom is -0.463 e. The molecule has 6 rings (SSSR count). The number of rotatable bonds is 13. The molecule has 0 aromatic rings. The molecule has 63 heavy (non-hydrogen) atoms. The van der Waals surface area contributed by atoms with Crippen LogP contribution in [0.4, 0.5) is 0 Å². The first-order valence-corrected chi connectivity index (χ1v) is 23.1. The van der Waals surface area contributed by atoms with Gasteiger partial charge >= 0.3 is 17.9 Å². The number of fused-ring (bicyclic) bond motifs is 5. The largest absolute Gasteiger partial charge is 0.463 e. The lowest BCUT2D eigenvalue weighted by Gasteiger charge is -2.67. The molecule has 0 aromatic carbocycles. The van der Waals surface area contributed by atoms with Gasteiger partial charge in [-0.3, -0.25) is 14.4 Å². The molecule has 0 amide bonds.